The second-order valence-electron chi connectivity index (χ2n) is 9.29. The highest BCUT2D eigenvalue weighted by Crippen LogP contribution is 2.39. The van der Waals surface area contributed by atoms with Crippen molar-refractivity contribution in [2.24, 2.45) is 0 Å². The number of pyridine rings is 1. The minimum atomic E-state index is -0.483. The molecular formula is C28H28N6O2. The van der Waals surface area contributed by atoms with Gasteiger partial charge in [0.1, 0.15) is 6.04 Å². The highest BCUT2D eigenvalue weighted by Gasteiger charge is 2.37. The molecule has 6 rings (SSSR count). The third-order valence-electron chi connectivity index (χ3n) is 7.21. The number of aryl methyl sites for hydroxylation is 1. The number of piperazine rings is 1. The maximum absolute atomic E-state index is 13.9. The molecule has 1 unspecified atom stereocenters. The number of amides is 2. The van der Waals surface area contributed by atoms with E-state index in [9.17, 15) is 9.59 Å². The Morgan fingerprint density at radius 3 is 2.89 bits per heavy atom. The number of aromatic nitrogens is 3. The highest BCUT2D eigenvalue weighted by atomic mass is 16.2. The summed E-state index contributed by atoms with van der Waals surface area (Å²) in [5, 5.41) is 11.0. The molecule has 1 saturated heterocycles. The van der Waals surface area contributed by atoms with Crippen molar-refractivity contribution in [1.82, 2.24) is 30.3 Å². The van der Waals surface area contributed by atoms with Crippen LogP contribution in [0.15, 0.2) is 60.9 Å². The molecule has 182 valence electrons. The number of carbonyl (C=O) groups excluding carboxylic acids is 2. The van der Waals surface area contributed by atoms with Gasteiger partial charge in [0.25, 0.3) is 5.91 Å². The fourth-order valence-electron chi connectivity index (χ4n) is 5.41. The van der Waals surface area contributed by atoms with Gasteiger partial charge in [0, 0.05) is 37.0 Å². The maximum atomic E-state index is 13.9. The average molecular weight is 481 g/mol. The van der Waals surface area contributed by atoms with Gasteiger partial charge >= 0.3 is 0 Å². The van der Waals surface area contributed by atoms with Crippen LogP contribution in [0.4, 0.5) is 0 Å². The molecule has 1 aromatic carbocycles. The molecule has 8 nitrogen and oxygen atoms in total. The van der Waals surface area contributed by atoms with Crippen LogP contribution in [0.25, 0.3) is 22.6 Å². The maximum Gasteiger partial charge on any atom is 0.275 e. The monoisotopic (exact) mass is 480 g/mol. The van der Waals surface area contributed by atoms with Gasteiger partial charge in [-0.05, 0) is 66.4 Å². The molecule has 4 heterocycles. The second-order valence-corrected chi connectivity index (χ2v) is 9.29. The first kappa shape index (κ1) is 22.3. The Bertz CT molecular complexity index is 1400. The van der Waals surface area contributed by atoms with Crippen LogP contribution in [-0.2, 0) is 17.6 Å². The molecule has 1 aliphatic carbocycles. The SMILES string of the molecule is CCC1C(=O)NCCN1C(=O)c1nn(-c2ccccn2)c2c1CCc1ccc(C3=CC=CNC3)cc1-2. The molecule has 3 aliphatic rings. The van der Waals surface area contributed by atoms with Crippen molar-refractivity contribution in [1.29, 1.82) is 0 Å². The molecule has 3 aromatic rings. The summed E-state index contributed by atoms with van der Waals surface area (Å²) in [6, 6.07) is 11.8. The molecule has 2 aliphatic heterocycles. The molecule has 0 saturated carbocycles. The van der Waals surface area contributed by atoms with Gasteiger partial charge in [0.05, 0.1) is 5.69 Å². The summed E-state index contributed by atoms with van der Waals surface area (Å²) in [6.45, 7) is 3.62. The molecule has 2 N–H and O–H groups in total. The molecular weight excluding hydrogens is 452 g/mol. The Morgan fingerprint density at radius 1 is 1.19 bits per heavy atom. The fourth-order valence-corrected chi connectivity index (χ4v) is 5.41. The van der Waals surface area contributed by atoms with Crippen molar-refractivity contribution in [3.8, 4) is 17.1 Å². The van der Waals surface area contributed by atoms with Crippen molar-refractivity contribution >= 4 is 17.4 Å². The topological polar surface area (TPSA) is 92.2 Å². The summed E-state index contributed by atoms with van der Waals surface area (Å²) in [5.41, 5.74) is 6.90. The van der Waals surface area contributed by atoms with E-state index in [1.165, 1.54) is 11.1 Å². The Balaban J connectivity index is 1.51. The van der Waals surface area contributed by atoms with Crippen molar-refractivity contribution < 1.29 is 9.59 Å². The number of nitrogens with one attached hydrogen (secondary N) is 2. The third-order valence-corrected chi connectivity index (χ3v) is 7.21. The molecule has 0 radical (unpaired) electrons. The number of dihydropyridines is 1. The first-order valence-corrected chi connectivity index (χ1v) is 12.5. The molecule has 36 heavy (non-hydrogen) atoms. The Hall–Kier alpha value is -4.20. The first-order chi connectivity index (χ1) is 17.7. The molecule has 1 fully saturated rings. The first-order valence-electron chi connectivity index (χ1n) is 12.5. The molecule has 8 heteroatoms. The van der Waals surface area contributed by atoms with E-state index in [-0.39, 0.29) is 11.8 Å². The third kappa shape index (κ3) is 3.69. The van der Waals surface area contributed by atoms with Crippen molar-refractivity contribution in [2.45, 2.75) is 32.2 Å². The van der Waals surface area contributed by atoms with Crippen molar-refractivity contribution in [2.75, 3.05) is 19.6 Å². The van der Waals surface area contributed by atoms with E-state index in [0.717, 1.165) is 35.3 Å². The van der Waals surface area contributed by atoms with Crippen molar-refractivity contribution in [3.05, 3.63) is 83.3 Å². The number of hydrogen-bond donors (Lipinski definition) is 2. The second kappa shape index (κ2) is 9.11. The molecule has 1 atom stereocenters. The number of allylic oxidation sites excluding steroid dienone is 2. The summed E-state index contributed by atoms with van der Waals surface area (Å²) < 4.78 is 1.81. The lowest BCUT2D eigenvalue weighted by Gasteiger charge is -2.34. The number of fused-ring (bicyclic) bond motifs is 3. The summed E-state index contributed by atoms with van der Waals surface area (Å²) in [5.74, 6) is 0.371. The van der Waals surface area contributed by atoms with Crippen molar-refractivity contribution in [3.63, 3.8) is 0 Å². The lowest BCUT2D eigenvalue weighted by atomic mass is 9.86. The van der Waals surface area contributed by atoms with Crippen LogP contribution in [-0.4, -0.2) is 57.2 Å². The largest absolute Gasteiger partial charge is 0.387 e. The molecule has 2 amide bonds. The normalized spacial score (nSPS) is 18.6. The van der Waals surface area contributed by atoms with E-state index < -0.39 is 6.04 Å². The van der Waals surface area contributed by atoms with Crippen LogP contribution in [0.2, 0.25) is 0 Å². The van der Waals surface area contributed by atoms with Gasteiger partial charge in [0.15, 0.2) is 11.5 Å². The minimum absolute atomic E-state index is 0.103. The summed E-state index contributed by atoms with van der Waals surface area (Å²) in [4.78, 5) is 32.6. The van der Waals surface area contributed by atoms with Crippen LogP contribution in [0.1, 0.15) is 40.5 Å². The standard InChI is InChI=1S/C28H28N6O2/c1-2-23-27(35)31-14-15-33(23)28(36)25-21-11-10-18-8-9-19(20-6-5-12-29-17-20)16-22(18)26(21)34(32-25)24-7-3-4-13-30-24/h3-9,12-13,16,23,29H,2,10-11,14-15,17H2,1H3,(H,31,35). The minimum Gasteiger partial charge on any atom is -0.387 e. The Labute approximate surface area is 209 Å². The number of rotatable bonds is 4. The summed E-state index contributed by atoms with van der Waals surface area (Å²) in [6.07, 6.45) is 9.91. The van der Waals surface area contributed by atoms with Crippen LogP contribution in [0.3, 0.4) is 0 Å². The molecule has 2 aromatic heterocycles. The smallest absolute Gasteiger partial charge is 0.275 e. The van der Waals surface area contributed by atoms with Crippen LogP contribution in [0.5, 0.6) is 0 Å². The zero-order valence-electron chi connectivity index (χ0n) is 20.2. The van der Waals surface area contributed by atoms with E-state index in [1.54, 1.807) is 11.1 Å². The van der Waals surface area contributed by atoms with Gasteiger partial charge in [-0.1, -0.05) is 31.2 Å². The van der Waals surface area contributed by atoms with Crippen LogP contribution >= 0.6 is 0 Å². The van der Waals surface area contributed by atoms with E-state index >= 15 is 0 Å². The van der Waals surface area contributed by atoms with E-state index in [0.29, 0.717) is 37.4 Å². The fraction of sp³-hybridized carbons (Fsp3) is 0.286. The zero-order valence-corrected chi connectivity index (χ0v) is 20.2. The number of carbonyl (C=O) groups is 2. The number of nitrogens with zero attached hydrogens (tertiary/aromatic N) is 4. The Morgan fingerprint density at radius 2 is 2.11 bits per heavy atom. The predicted octanol–water partition coefficient (Wildman–Crippen LogP) is 2.88. The number of benzene rings is 1. The van der Waals surface area contributed by atoms with Crippen LogP contribution in [0, 0.1) is 0 Å². The van der Waals surface area contributed by atoms with Gasteiger partial charge in [-0.25, -0.2) is 9.67 Å². The van der Waals surface area contributed by atoms with E-state index in [2.05, 4.69) is 39.9 Å². The highest BCUT2D eigenvalue weighted by molar-refractivity contribution is 5.99. The van der Waals surface area contributed by atoms with E-state index in [4.69, 9.17) is 5.10 Å². The molecule has 0 spiro atoms. The van der Waals surface area contributed by atoms with Crippen LogP contribution < -0.4 is 10.6 Å². The summed E-state index contributed by atoms with van der Waals surface area (Å²) in [7, 11) is 0. The summed E-state index contributed by atoms with van der Waals surface area (Å²) >= 11 is 0. The Kier molecular flexibility index (Phi) is 5.64. The zero-order chi connectivity index (χ0) is 24.6. The lowest BCUT2D eigenvalue weighted by molar-refractivity contribution is -0.127. The van der Waals surface area contributed by atoms with E-state index in [1.807, 2.05) is 42.1 Å². The van der Waals surface area contributed by atoms with Gasteiger partial charge < -0.3 is 15.5 Å². The average Bonchev–Trinajstić information content (AvgIpc) is 3.33. The van der Waals surface area contributed by atoms with Gasteiger partial charge in [-0.2, -0.15) is 5.10 Å². The lowest BCUT2D eigenvalue weighted by Crippen LogP contribution is -2.57. The molecule has 0 bridgehead atoms. The van der Waals surface area contributed by atoms with Gasteiger partial charge in [0.2, 0.25) is 5.91 Å². The number of hydrogen-bond acceptors (Lipinski definition) is 5. The predicted molar refractivity (Wildman–Crippen MR) is 137 cm³/mol. The van der Waals surface area contributed by atoms with Gasteiger partial charge in [-0.15, -0.1) is 0 Å². The van der Waals surface area contributed by atoms with Gasteiger partial charge in [-0.3, -0.25) is 9.59 Å². The quantitative estimate of drug-likeness (QED) is 0.599.